The Morgan fingerprint density at radius 2 is 2.00 bits per heavy atom. The first-order chi connectivity index (χ1) is 14.1. The minimum atomic E-state index is -0.200. The summed E-state index contributed by atoms with van der Waals surface area (Å²) in [6, 6.07) is 10.2. The number of carbonyl (C=O) groups excluding carboxylic acids is 1. The summed E-state index contributed by atoms with van der Waals surface area (Å²) in [4.78, 5) is 32.3. The Hall–Kier alpha value is -2.55. The van der Waals surface area contributed by atoms with Crippen LogP contribution in [0.4, 0.5) is 0 Å². The molecule has 0 spiro atoms. The molecule has 1 atom stereocenters. The van der Waals surface area contributed by atoms with Crippen LogP contribution in [-0.2, 0) is 16.1 Å². The molecule has 0 bridgehead atoms. The number of hydrogen-bond donors (Lipinski definition) is 1. The largest absolute Gasteiger partial charge is 0.379 e. The lowest BCUT2D eigenvalue weighted by atomic mass is 10.0. The van der Waals surface area contributed by atoms with E-state index in [4.69, 9.17) is 4.74 Å². The maximum absolute atomic E-state index is 12.6. The quantitative estimate of drug-likeness (QED) is 0.670. The van der Waals surface area contributed by atoms with E-state index in [0.29, 0.717) is 30.0 Å². The average molecular weight is 413 g/mol. The molecule has 7 nitrogen and oxygen atoms in total. The third-order valence-corrected chi connectivity index (χ3v) is 6.03. The summed E-state index contributed by atoms with van der Waals surface area (Å²) >= 11 is 1.42. The smallest absolute Gasteiger partial charge is 0.262 e. The maximum Gasteiger partial charge on any atom is 0.262 e. The van der Waals surface area contributed by atoms with Gasteiger partial charge in [0.1, 0.15) is 11.4 Å². The van der Waals surface area contributed by atoms with Crippen LogP contribution in [0.15, 0.2) is 46.8 Å². The SMILES string of the molecule is Cc1ccc(C(CNC(=O)Cn2cnc3sccc3c2=O)N2CCOCC2)cc1. The molecule has 1 N–H and O–H groups in total. The molecular formula is C21H24N4O3S. The number of nitrogens with zero attached hydrogens (tertiary/aromatic N) is 3. The second kappa shape index (κ2) is 8.86. The molecule has 3 aromatic rings. The predicted molar refractivity (Wildman–Crippen MR) is 113 cm³/mol. The molecule has 3 heterocycles. The Balaban J connectivity index is 1.45. The van der Waals surface area contributed by atoms with Crippen LogP contribution in [0.3, 0.4) is 0 Å². The number of thiophene rings is 1. The summed E-state index contributed by atoms with van der Waals surface area (Å²) < 4.78 is 6.84. The first kappa shape index (κ1) is 19.8. The third kappa shape index (κ3) is 4.55. The normalized spacial score (nSPS) is 16.0. The number of benzene rings is 1. The van der Waals surface area contributed by atoms with E-state index in [1.165, 1.54) is 27.8 Å². The van der Waals surface area contributed by atoms with Crippen molar-refractivity contribution in [3.05, 3.63) is 63.5 Å². The van der Waals surface area contributed by atoms with Gasteiger partial charge in [-0.25, -0.2) is 4.98 Å². The Kier molecular flexibility index (Phi) is 6.03. The highest BCUT2D eigenvalue weighted by atomic mass is 32.1. The monoisotopic (exact) mass is 412 g/mol. The van der Waals surface area contributed by atoms with Gasteiger partial charge in [-0.05, 0) is 23.9 Å². The Labute approximate surface area is 172 Å². The van der Waals surface area contributed by atoms with Gasteiger partial charge in [0.05, 0.1) is 31.0 Å². The van der Waals surface area contributed by atoms with Crippen molar-refractivity contribution in [2.24, 2.45) is 0 Å². The van der Waals surface area contributed by atoms with Gasteiger partial charge < -0.3 is 10.1 Å². The van der Waals surface area contributed by atoms with Crippen molar-refractivity contribution in [2.45, 2.75) is 19.5 Å². The fraction of sp³-hybridized carbons (Fsp3) is 0.381. The molecule has 8 heteroatoms. The summed E-state index contributed by atoms with van der Waals surface area (Å²) in [6.07, 6.45) is 1.44. The zero-order valence-electron chi connectivity index (χ0n) is 16.3. The first-order valence-corrected chi connectivity index (χ1v) is 10.6. The van der Waals surface area contributed by atoms with Crippen LogP contribution in [-0.4, -0.2) is 53.2 Å². The molecule has 152 valence electrons. The van der Waals surface area contributed by atoms with Crippen LogP contribution in [0.5, 0.6) is 0 Å². The number of aromatic nitrogens is 2. The molecule has 1 unspecified atom stereocenters. The predicted octanol–water partition coefficient (Wildman–Crippen LogP) is 1.96. The van der Waals surface area contributed by atoms with E-state index in [-0.39, 0.29) is 24.1 Å². The summed E-state index contributed by atoms with van der Waals surface area (Å²) in [6.45, 7) is 5.53. The van der Waals surface area contributed by atoms with E-state index in [1.54, 1.807) is 6.07 Å². The van der Waals surface area contributed by atoms with Crippen LogP contribution >= 0.6 is 11.3 Å². The van der Waals surface area contributed by atoms with E-state index in [1.807, 2.05) is 5.38 Å². The fourth-order valence-corrected chi connectivity index (χ4v) is 4.29. The van der Waals surface area contributed by atoms with E-state index >= 15 is 0 Å². The molecule has 1 amide bonds. The van der Waals surface area contributed by atoms with Crippen LogP contribution < -0.4 is 10.9 Å². The highest BCUT2D eigenvalue weighted by molar-refractivity contribution is 7.16. The molecular weight excluding hydrogens is 388 g/mol. The van der Waals surface area contributed by atoms with Crippen molar-refractivity contribution in [3.8, 4) is 0 Å². The number of rotatable bonds is 6. The number of aryl methyl sites for hydroxylation is 1. The first-order valence-electron chi connectivity index (χ1n) is 9.69. The number of hydrogen-bond acceptors (Lipinski definition) is 6. The van der Waals surface area contributed by atoms with Crippen molar-refractivity contribution >= 4 is 27.5 Å². The van der Waals surface area contributed by atoms with Crippen molar-refractivity contribution < 1.29 is 9.53 Å². The lowest BCUT2D eigenvalue weighted by Gasteiger charge is -2.35. The highest BCUT2D eigenvalue weighted by Crippen LogP contribution is 2.22. The number of amides is 1. The Bertz CT molecular complexity index is 1040. The minimum absolute atomic E-state index is 0.0403. The zero-order valence-corrected chi connectivity index (χ0v) is 17.2. The molecule has 1 saturated heterocycles. The minimum Gasteiger partial charge on any atom is -0.379 e. The molecule has 1 aliphatic heterocycles. The van der Waals surface area contributed by atoms with Crippen molar-refractivity contribution in [3.63, 3.8) is 0 Å². The number of ether oxygens (including phenoxy) is 1. The lowest BCUT2D eigenvalue weighted by Crippen LogP contribution is -2.44. The molecule has 4 rings (SSSR count). The number of fused-ring (bicyclic) bond motifs is 1. The molecule has 0 radical (unpaired) electrons. The highest BCUT2D eigenvalue weighted by Gasteiger charge is 2.23. The van der Waals surface area contributed by atoms with Crippen molar-refractivity contribution in [1.82, 2.24) is 19.8 Å². The Morgan fingerprint density at radius 1 is 1.24 bits per heavy atom. The van der Waals surface area contributed by atoms with Crippen LogP contribution in [0.25, 0.3) is 10.2 Å². The topological polar surface area (TPSA) is 76.5 Å². The van der Waals surface area contributed by atoms with E-state index < -0.39 is 0 Å². The van der Waals surface area contributed by atoms with Crippen molar-refractivity contribution in [2.75, 3.05) is 32.8 Å². The second-order valence-electron chi connectivity index (χ2n) is 7.20. The van der Waals surface area contributed by atoms with E-state index in [9.17, 15) is 9.59 Å². The summed E-state index contributed by atoms with van der Waals surface area (Å²) in [5.41, 5.74) is 2.18. The van der Waals surface area contributed by atoms with Crippen LogP contribution in [0.1, 0.15) is 17.2 Å². The van der Waals surface area contributed by atoms with Gasteiger partial charge in [0.25, 0.3) is 5.56 Å². The maximum atomic E-state index is 12.6. The van der Waals surface area contributed by atoms with Gasteiger partial charge in [-0.15, -0.1) is 11.3 Å². The Morgan fingerprint density at radius 3 is 2.76 bits per heavy atom. The van der Waals surface area contributed by atoms with Crippen LogP contribution in [0.2, 0.25) is 0 Å². The molecule has 0 saturated carbocycles. The fourth-order valence-electron chi connectivity index (χ4n) is 3.56. The molecule has 1 aliphatic rings. The van der Waals surface area contributed by atoms with Gasteiger partial charge in [-0.3, -0.25) is 19.1 Å². The molecule has 1 fully saturated rings. The van der Waals surface area contributed by atoms with Gasteiger partial charge in [0.2, 0.25) is 5.91 Å². The summed E-state index contributed by atoms with van der Waals surface area (Å²) in [5, 5.41) is 5.39. The van der Waals surface area contributed by atoms with E-state index in [0.717, 1.165) is 18.7 Å². The van der Waals surface area contributed by atoms with Gasteiger partial charge in [-0.1, -0.05) is 29.8 Å². The standard InChI is InChI=1S/C21H24N4O3S/c1-15-2-4-16(5-3-15)18(24-7-9-28-10-8-24)12-22-19(26)13-25-14-23-20-17(21(25)27)6-11-29-20/h2-6,11,14,18H,7-10,12-13H2,1H3,(H,22,26). The van der Waals surface area contributed by atoms with Gasteiger partial charge in [-0.2, -0.15) is 0 Å². The number of morpholine rings is 1. The summed E-state index contributed by atoms with van der Waals surface area (Å²) in [5.74, 6) is -0.200. The van der Waals surface area contributed by atoms with Gasteiger partial charge in [0, 0.05) is 19.6 Å². The second-order valence-corrected chi connectivity index (χ2v) is 8.09. The molecule has 1 aromatic carbocycles. The van der Waals surface area contributed by atoms with Gasteiger partial charge >= 0.3 is 0 Å². The van der Waals surface area contributed by atoms with Crippen molar-refractivity contribution in [1.29, 1.82) is 0 Å². The summed E-state index contributed by atoms with van der Waals surface area (Å²) in [7, 11) is 0. The molecule has 29 heavy (non-hydrogen) atoms. The van der Waals surface area contributed by atoms with E-state index in [2.05, 4.69) is 46.4 Å². The number of carbonyl (C=O) groups is 1. The molecule has 2 aromatic heterocycles. The number of nitrogens with one attached hydrogen (secondary N) is 1. The van der Waals surface area contributed by atoms with Crippen LogP contribution in [0, 0.1) is 6.92 Å². The van der Waals surface area contributed by atoms with Gasteiger partial charge in [0.15, 0.2) is 0 Å². The zero-order chi connectivity index (χ0) is 20.2. The molecule has 0 aliphatic carbocycles. The average Bonchev–Trinajstić information content (AvgIpc) is 3.22. The third-order valence-electron chi connectivity index (χ3n) is 5.21. The lowest BCUT2D eigenvalue weighted by molar-refractivity contribution is -0.122.